The highest BCUT2D eigenvalue weighted by Crippen LogP contribution is 2.36. The molecule has 0 radical (unpaired) electrons. The Hall–Kier alpha value is -2.91. The Balaban J connectivity index is 1.79. The van der Waals surface area contributed by atoms with Gasteiger partial charge in [-0.1, -0.05) is 78.4 Å². The Morgan fingerprint density at radius 1 is 0.889 bits per heavy atom. The van der Waals surface area contributed by atoms with E-state index < -0.39 is 4.87 Å². The first kappa shape index (κ1) is 17.5. The van der Waals surface area contributed by atoms with Crippen LogP contribution in [0, 0.1) is 6.92 Å². The van der Waals surface area contributed by atoms with Crippen molar-refractivity contribution in [1.29, 1.82) is 0 Å². The molecule has 1 aliphatic rings. The fourth-order valence-electron chi connectivity index (χ4n) is 3.27. The molecular weight excluding hydrogens is 356 g/mol. The monoisotopic (exact) mass is 374 g/mol. The van der Waals surface area contributed by atoms with E-state index in [1.165, 1.54) is 10.6 Å². The molecule has 3 aromatic carbocycles. The van der Waals surface area contributed by atoms with Crippen molar-refractivity contribution in [3.8, 4) is 0 Å². The number of alkyl halides is 1. The second kappa shape index (κ2) is 7.01. The van der Waals surface area contributed by atoms with E-state index in [-0.39, 0.29) is 5.91 Å². The SMILES string of the molecule is Cc1ccc(C[C@]2(Cl)C(=O)N(c3ccccc3)N=C2c2ccccc2)cc1. The number of benzene rings is 3. The van der Waals surface area contributed by atoms with Crippen molar-refractivity contribution in [2.24, 2.45) is 5.10 Å². The van der Waals surface area contributed by atoms with E-state index >= 15 is 0 Å². The average molecular weight is 375 g/mol. The fraction of sp³-hybridized carbons (Fsp3) is 0.130. The van der Waals surface area contributed by atoms with Gasteiger partial charge in [-0.2, -0.15) is 10.1 Å². The maximum atomic E-state index is 13.4. The van der Waals surface area contributed by atoms with E-state index in [9.17, 15) is 4.79 Å². The van der Waals surface area contributed by atoms with Crippen molar-refractivity contribution in [3.05, 3.63) is 102 Å². The molecule has 1 aliphatic heterocycles. The zero-order valence-electron chi connectivity index (χ0n) is 15.0. The lowest BCUT2D eigenvalue weighted by molar-refractivity contribution is -0.118. The molecular formula is C23H19ClN2O. The molecule has 4 rings (SSSR count). The van der Waals surface area contributed by atoms with Gasteiger partial charge in [0.05, 0.1) is 11.4 Å². The zero-order valence-corrected chi connectivity index (χ0v) is 15.7. The van der Waals surface area contributed by atoms with E-state index in [0.29, 0.717) is 17.8 Å². The number of carbonyl (C=O) groups excluding carboxylic acids is 1. The Bertz CT molecular complexity index is 984. The number of hydrogen-bond donors (Lipinski definition) is 0. The van der Waals surface area contributed by atoms with Gasteiger partial charge in [-0.3, -0.25) is 4.79 Å². The topological polar surface area (TPSA) is 32.7 Å². The third-order valence-electron chi connectivity index (χ3n) is 4.72. The third kappa shape index (κ3) is 3.26. The number of carbonyl (C=O) groups is 1. The summed E-state index contributed by atoms with van der Waals surface area (Å²) in [6.45, 7) is 2.04. The van der Waals surface area contributed by atoms with E-state index in [0.717, 1.165) is 11.1 Å². The molecule has 0 bridgehead atoms. The fourth-order valence-corrected chi connectivity index (χ4v) is 3.65. The summed E-state index contributed by atoms with van der Waals surface area (Å²) in [4.78, 5) is 12.1. The van der Waals surface area contributed by atoms with Gasteiger partial charge < -0.3 is 0 Å². The van der Waals surface area contributed by atoms with Gasteiger partial charge in [0, 0.05) is 12.0 Å². The van der Waals surface area contributed by atoms with Crippen LogP contribution in [0.15, 0.2) is 90.0 Å². The maximum Gasteiger partial charge on any atom is 0.275 e. The first-order chi connectivity index (χ1) is 13.1. The Kier molecular flexibility index (Phi) is 4.54. The van der Waals surface area contributed by atoms with Gasteiger partial charge >= 0.3 is 0 Å². The van der Waals surface area contributed by atoms with Crippen LogP contribution in [-0.2, 0) is 11.2 Å². The van der Waals surface area contributed by atoms with Crippen LogP contribution in [-0.4, -0.2) is 16.5 Å². The molecule has 0 aromatic heterocycles. The highest BCUT2D eigenvalue weighted by Gasteiger charge is 2.50. The van der Waals surface area contributed by atoms with Gasteiger partial charge in [-0.15, -0.1) is 11.6 Å². The number of nitrogens with zero attached hydrogens (tertiary/aromatic N) is 2. The standard InChI is InChI=1S/C23H19ClN2O/c1-17-12-14-18(15-13-17)16-23(24)21(19-8-4-2-5-9-19)25-26(22(23)27)20-10-6-3-7-11-20/h2-15H,16H2,1H3/t23-/m1/s1. The van der Waals surface area contributed by atoms with Gasteiger partial charge in [0.15, 0.2) is 4.87 Å². The number of hydrogen-bond acceptors (Lipinski definition) is 2. The number of aryl methyl sites for hydroxylation is 1. The summed E-state index contributed by atoms with van der Waals surface area (Å²) in [7, 11) is 0. The molecule has 0 unspecified atom stereocenters. The molecule has 0 spiro atoms. The minimum Gasteiger partial charge on any atom is -0.270 e. The summed E-state index contributed by atoms with van der Waals surface area (Å²) in [5.41, 5.74) is 4.32. The third-order valence-corrected chi connectivity index (χ3v) is 5.20. The van der Waals surface area contributed by atoms with Crippen LogP contribution in [0.25, 0.3) is 0 Å². The second-order valence-electron chi connectivity index (χ2n) is 6.73. The zero-order chi connectivity index (χ0) is 18.9. The summed E-state index contributed by atoms with van der Waals surface area (Å²) in [6, 6.07) is 27.2. The van der Waals surface area contributed by atoms with Crippen molar-refractivity contribution < 1.29 is 4.79 Å². The first-order valence-corrected chi connectivity index (χ1v) is 9.24. The van der Waals surface area contributed by atoms with Gasteiger partial charge in [0.2, 0.25) is 0 Å². The predicted octanol–water partition coefficient (Wildman–Crippen LogP) is 4.97. The highest BCUT2D eigenvalue weighted by atomic mass is 35.5. The number of rotatable bonds is 4. The summed E-state index contributed by atoms with van der Waals surface area (Å²) in [5.74, 6) is -0.227. The van der Waals surface area contributed by atoms with E-state index in [2.05, 4.69) is 5.10 Å². The molecule has 1 amide bonds. The van der Waals surface area contributed by atoms with Crippen LogP contribution in [0.3, 0.4) is 0 Å². The number of hydrazone groups is 1. The minimum absolute atomic E-state index is 0.227. The van der Waals surface area contributed by atoms with Gasteiger partial charge in [0.1, 0.15) is 0 Å². The second-order valence-corrected chi connectivity index (χ2v) is 7.38. The normalized spacial score (nSPS) is 19.3. The lowest BCUT2D eigenvalue weighted by Crippen LogP contribution is -2.43. The van der Waals surface area contributed by atoms with Gasteiger partial charge in [0.25, 0.3) is 5.91 Å². The lowest BCUT2D eigenvalue weighted by Gasteiger charge is -2.23. The molecule has 0 saturated heterocycles. The molecule has 1 atom stereocenters. The summed E-state index contributed by atoms with van der Waals surface area (Å²) in [5, 5.41) is 6.07. The van der Waals surface area contributed by atoms with Crippen molar-refractivity contribution >= 4 is 28.9 Å². The molecule has 0 saturated carbocycles. The van der Waals surface area contributed by atoms with Crippen LogP contribution in [0.1, 0.15) is 16.7 Å². The van der Waals surface area contributed by atoms with Crippen molar-refractivity contribution in [1.82, 2.24) is 0 Å². The Labute approximate surface area is 163 Å². The van der Waals surface area contributed by atoms with E-state index in [1.54, 1.807) is 0 Å². The molecule has 4 heteroatoms. The first-order valence-electron chi connectivity index (χ1n) is 8.86. The Morgan fingerprint density at radius 3 is 2.11 bits per heavy atom. The maximum absolute atomic E-state index is 13.4. The smallest absolute Gasteiger partial charge is 0.270 e. The van der Waals surface area contributed by atoms with Gasteiger partial charge in [-0.25, -0.2) is 0 Å². The van der Waals surface area contributed by atoms with Crippen LogP contribution in [0.5, 0.6) is 0 Å². The number of anilines is 1. The molecule has 1 heterocycles. The highest BCUT2D eigenvalue weighted by molar-refractivity contribution is 6.53. The van der Waals surface area contributed by atoms with Crippen molar-refractivity contribution in [2.75, 3.05) is 5.01 Å². The lowest BCUT2D eigenvalue weighted by atomic mass is 9.89. The van der Waals surface area contributed by atoms with Gasteiger partial charge in [-0.05, 0) is 24.6 Å². The molecule has 134 valence electrons. The van der Waals surface area contributed by atoms with Crippen molar-refractivity contribution in [2.45, 2.75) is 18.2 Å². The molecule has 0 N–H and O–H groups in total. The van der Waals surface area contributed by atoms with Crippen LogP contribution >= 0.6 is 11.6 Å². The van der Waals surface area contributed by atoms with Crippen LogP contribution < -0.4 is 5.01 Å². The largest absolute Gasteiger partial charge is 0.275 e. The average Bonchev–Trinajstić information content (AvgIpc) is 2.96. The molecule has 3 aromatic rings. The molecule has 3 nitrogen and oxygen atoms in total. The summed E-state index contributed by atoms with van der Waals surface area (Å²) < 4.78 is 0. The summed E-state index contributed by atoms with van der Waals surface area (Å²) in [6.07, 6.45) is 0.380. The quantitative estimate of drug-likeness (QED) is 0.593. The molecule has 0 fully saturated rings. The number of amides is 1. The minimum atomic E-state index is -1.24. The predicted molar refractivity (Wildman–Crippen MR) is 110 cm³/mol. The van der Waals surface area contributed by atoms with Crippen molar-refractivity contribution in [3.63, 3.8) is 0 Å². The van der Waals surface area contributed by atoms with Crippen LogP contribution in [0.4, 0.5) is 5.69 Å². The number of halogens is 1. The molecule has 0 aliphatic carbocycles. The van der Waals surface area contributed by atoms with E-state index in [1.807, 2.05) is 91.9 Å². The molecule has 27 heavy (non-hydrogen) atoms. The number of para-hydroxylation sites is 1. The van der Waals surface area contributed by atoms with E-state index in [4.69, 9.17) is 11.6 Å². The summed E-state index contributed by atoms with van der Waals surface area (Å²) >= 11 is 7.02. The van der Waals surface area contributed by atoms with Crippen LogP contribution in [0.2, 0.25) is 0 Å². The Morgan fingerprint density at radius 2 is 1.48 bits per heavy atom.